The molecule has 44 heavy (non-hydrogen) atoms. The predicted octanol–water partition coefficient (Wildman–Crippen LogP) is 5.74. The molecule has 0 spiro atoms. The third-order valence-corrected chi connectivity index (χ3v) is 8.97. The number of amides is 2. The minimum Gasteiger partial charge on any atom is -0.354 e. The monoisotopic (exact) mass is 615 g/mol. The van der Waals surface area contributed by atoms with Crippen molar-refractivity contribution in [1.29, 1.82) is 0 Å². The second kappa shape index (κ2) is 14.8. The summed E-state index contributed by atoms with van der Waals surface area (Å²) in [5.41, 5.74) is 2.23. The average Bonchev–Trinajstić information content (AvgIpc) is 3.02. The third-order valence-electron chi connectivity index (χ3n) is 7.19. The van der Waals surface area contributed by atoms with Gasteiger partial charge < -0.3 is 10.2 Å². The lowest BCUT2D eigenvalue weighted by Gasteiger charge is -2.34. The molecule has 4 aromatic rings. The van der Waals surface area contributed by atoms with Crippen LogP contribution >= 0.6 is 0 Å². The Bertz CT molecular complexity index is 1650. The topological polar surface area (TPSA) is 86.8 Å². The number of aryl methyl sites for hydroxylation is 1. The molecule has 0 saturated carbocycles. The molecule has 9 heteroatoms. The van der Waals surface area contributed by atoms with E-state index in [2.05, 4.69) is 5.32 Å². The molecule has 0 fully saturated rings. The maximum absolute atomic E-state index is 15.0. The van der Waals surface area contributed by atoms with Crippen molar-refractivity contribution in [3.05, 3.63) is 132 Å². The molecule has 0 radical (unpaired) electrons. The van der Waals surface area contributed by atoms with E-state index in [9.17, 15) is 22.4 Å². The number of sulfonamides is 1. The van der Waals surface area contributed by atoms with Gasteiger partial charge in [-0.1, -0.05) is 98.3 Å². The van der Waals surface area contributed by atoms with Crippen molar-refractivity contribution in [2.24, 2.45) is 5.92 Å². The van der Waals surface area contributed by atoms with Gasteiger partial charge >= 0.3 is 0 Å². The highest BCUT2D eigenvalue weighted by Crippen LogP contribution is 2.25. The third kappa shape index (κ3) is 8.32. The summed E-state index contributed by atoms with van der Waals surface area (Å²) < 4.78 is 44.0. The maximum Gasteiger partial charge on any atom is 0.264 e. The highest BCUT2D eigenvalue weighted by atomic mass is 32.2. The molecule has 4 rings (SSSR count). The smallest absolute Gasteiger partial charge is 0.264 e. The lowest BCUT2D eigenvalue weighted by molar-refractivity contribution is -0.140. The number of nitrogens with one attached hydrogen (secondary N) is 1. The molecule has 0 aliphatic carbocycles. The molecule has 0 aliphatic heterocycles. The van der Waals surface area contributed by atoms with Crippen molar-refractivity contribution in [3.8, 4) is 0 Å². The molecule has 0 aromatic heterocycles. The molecule has 230 valence electrons. The van der Waals surface area contributed by atoms with E-state index >= 15 is 0 Å². The SMILES string of the molecule is Cc1ccc(N(CC(=O)N(Cc2ccccc2F)[C@H](Cc2ccccc2)C(=O)NCC(C)C)S(=O)(=O)c2ccccc2)cc1. The van der Waals surface area contributed by atoms with Gasteiger partial charge in [0.05, 0.1) is 10.6 Å². The minimum absolute atomic E-state index is 0.0181. The highest BCUT2D eigenvalue weighted by Gasteiger charge is 2.35. The van der Waals surface area contributed by atoms with Gasteiger partial charge in [-0.3, -0.25) is 13.9 Å². The second-order valence-corrected chi connectivity index (χ2v) is 13.0. The summed E-state index contributed by atoms with van der Waals surface area (Å²) in [6.45, 7) is 5.35. The molecule has 0 heterocycles. The first-order chi connectivity index (χ1) is 21.1. The molecular weight excluding hydrogens is 577 g/mol. The fourth-order valence-electron chi connectivity index (χ4n) is 4.75. The van der Waals surface area contributed by atoms with E-state index in [1.807, 2.05) is 51.1 Å². The Hall–Kier alpha value is -4.50. The number of nitrogens with zero attached hydrogens (tertiary/aromatic N) is 2. The molecule has 1 N–H and O–H groups in total. The van der Waals surface area contributed by atoms with Crippen molar-refractivity contribution >= 4 is 27.5 Å². The Balaban J connectivity index is 1.79. The quantitative estimate of drug-likeness (QED) is 0.208. The summed E-state index contributed by atoms with van der Waals surface area (Å²) in [6.07, 6.45) is 0.154. The predicted molar refractivity (Wildman–Crippen MR) is 171 cm³/mol. The van der Waals surface area contributed by atoms with Gasteiger partial charge in [0.1, 0.15) is 18.4 Å². The van der Waals surface area contributed by atoms with Crippen LogP contribution in [0.2, 0.25) is 0 Å². The number of hydrogen-bond acceptors (Lipinski definition) is 4. The number of carbonyl (C=O) groups is 2. The van der Waals surface area contributed by atoms with Crippen LogP contribution in [0.15, 0.2) is 114 Å². The second-order valence-electron chi connectivity index (χ2n) is 11.1. The number of halogens is 1. The van der Waals surface area contributed by atoms with E-state index in [0.717, 1.165) is 15.4 Å². The molecule has 4 aromatic carbocycles. The van der Waals surface area contributed by atoms with Gasteiger partial charge in [0.15, 0.2) is 0 Å². The van der Waals surface area contributed by atoms with Gasteiger partial charge in [0.25, 0.3) is 10.0 Å². The number of carbonyl (C=O) groups excluding carboxylic acids is 2. The average molecular weight is 616 g/mol. The number of anilines is 1. The van der Waals surface area contributed by atoms with Crippen LogP contribution in [0, 0.1) is 18.7 Å². The van der Waals surface area contributed by atoms with E-state index in [0.29, 0.717) is 12.2 Å². The molecule has 7 nitrogen and oxygen atoms in total. The molecule has 0 bridgehead atoms. The molecule has 0 aliphatic rings. The first kappa shape index (κ1) is 32.4. The van der Waals surface area contributed by atoms with Crippen LogP contribution in [-0.2, 0) is 32.6 Å². The first-order valence-electron chi connectivity index (χ1n) is 14.5. The Morgan fingerprint density at radius 3 is 2.02 bits per heavy atom. The van der Waals surface area contributed by atoms with Crippen LogP contribution in [0.1, 0.15) is 30.5 Å². The molecular formula is C35H38FN3O4S. The number of hydrogen-bond donors (Lipinski definition) is 1. The molecule has 2 amide bonds. The van der Waals surface area contributed by atoms with E-state index in [1.165, 1.54) is 23.1 Å². The van der Waals surface area contributed by atoms with E-state index in [1.54, 1.807) is 60.7 Å². The lowest BCUT2D eigenvalue weighted by Crippen LogP contribution is -2.53. The molecule has 1 atom stereocenters. The van der Waals surface area contributed by atoms with Gasteiger partial charge in [-0.15, -0.1) is 0 Å². The zero-order valence-electron chi connectivity index (χ0n) is 25.2. The van der Waals surface area contributed by atoms with Gasteiger partial charge in [-0.2, -0.15) is 0 Å². The Kier molecular flexibility index (Phi) is 10.9. The van der Waals surface area contributed by atoms with E-state index < -0.39 is 40.2 Å². The van der Waals surface area contributed by atoms with E-state index in [-0.39, 0.29) is 29.3 Å². The maximum atomic E-state index is 15.0. The summed E-state index contributed by atoms with van der Waals surface area (Å²) in [5.74, 6) is -1.42. The summed E-state index contributed by atoms with van der Waals surface area (Å²) >= 11 is 0. The van der Waals surface area contributed by atoms with E-state index in [4.69, 9.17) is 0 Å². The summed E-state index contributed by atoms with van der Waals surface area (Å²) in [4.78, 5) is 29.4. The van der Waals surface area contributed by atoms with Gasteiger partial charge in [0, 0.05) is 25.1 Å². The number of benzene rings is 4. The van der Waals surface area contributed by atoms with Crippen molar-refractivity contribution in [2.75, 3.05) is 17.4 Å². The van der Waals surface area contributed by atoms with Crippen LogP contribution in [-0.4, -0.2) is 44.3 Å². The molecule has 0 unspecified atom stereocenters. The van der Waals surface area contributed by atoms with Crippen LogP contribution in [0.25, 0.3) is 0 Å². The van der Waals surface area contributed by atoms with Crippen LogP contribution in [0.4, 0.5) is 10.1 Å². The van der Waals surface area contributed by atoms with Crippen LogP contribution < -0.4 is 9.62 Å². The largest absolute Gasteiger partial charge is 0.354 e. The minimum atomic E-state index is -4.19. The Morgan fingerprint density at radius 1 is 0.818 bits per heavy atom. The summed E-state index contributed by atoms with van der Waals surface area (Å²) in [5, 5.41) is 2.93. The number of rotatable bonds is 13. The zero-order valence-corrected chi connectivity index (χ0v) is 26.0. The van der Waals surface area contributed by atoms with Crippen LogP contribution in [0.3, 0.4) is 0 Å². The van der Waals surface area contributed by atoms with Gasteiger partial charge in [-0.25, -0.2) is 12.8 Å². The van der Waals surface area contributed by atoms with Crippen molar-refractivity contribution in [1.82, 2.24) is 10.2 Å². The normalized spacial score (nSPS) is 12.0. The van der Waals surface area contributed by atoms with Crippen molar-refractivity contribution in [3.63, 3.8) is 0 Å². The highest BCUT2D eigenvalue weighted by molar-refractivity contribution is 7.92. The standard InChI is InChI=1S/C35H38FN3O4S/c1-26(2)23-37-35(41)33(22-28-12-6-4-7-13-28)38(24-29-14-10-11-17-32(29)36)34(40)25-39(30-20-18-27(3)19-21-30)44(42,43)31-15-8-5-9-16-31/h4-21,26,33H,22-25H2,1-3H3,(H,37,41)/t33-/m1/s1. The van der Waals surface area contributed by atoms with Crippen molar-refractivity contribution < 1.29 is 22.4 Å². The van der Waals surface area contributed by atoms with Crippen molar-refractivity contribution in [2.45, 2.75) is 44.7 Å². The summed E-state index contributed by atoms with van der Waals surface area (Å²) in [7, 11) is -4.19. The molecule has 0 saturated heterocycles. The lowest BCUT2D eigenvalue weighted by atomic mass is 10.0. The van der Waals surface area contributed by atoms with Gasteiger partial charge in [-0.05, 0) is 48.7 Å². The fourth-order valence-corrected chi connectivity index (χ4v) is 6.18. The summed E-state index contributed by atoms with van der Waals surface area (Å²) in [6, 6.07) is 28.9. The Labute approximate surface area is 259 Å². The first-order valence-corrected chi connectivity index (χ1v) is 16.0. The Morgan fingerprint density at radius 2 is 1.41 bits per heavy atom. The van der Waals surface area contributed by atoms with Crippen LogP contribution in [0.5, 0.6) is 0 Å². The zero-order chi connectivity index (χ0) is 31.7. The van der Waals surface area contributed by atoms with Gasteiger partial charge in [0.2, 0.25) is 11.8 Å². The fraction of sp³-hybridized carbons (Fsp3) is 0.257.